The van der Waals surface area contributed by atoms with Crippen molar-refractivity contribution in [1.82, 2.24) is 0 Å². The average Bonchev–Trinajstić information content (AvgIpc) is 2.33. The van der Waals surface area contributed by atoms with Crippen LogP contribution in [0.25, 0.3) is 0 Å². The Labute approximate surface area is 115 Å². The summed E-state index contributed by atoms with van der Waals surface area (Å²) in [4.78, 5) is 22.2. The van der Waals surface area contributed by atoms with Crippen LogP contribution in [0.2, 0.25) is 0 Å². The second-order valence-corrected chi connectivity index (χ2v) is 5.17. The predicted octanol–water partition coefficient (Wildman–Crippen LogP) is 2.64. The van der Waals surface area contributed by atoms with Gasteiger partial charge in [0.05, 0.1) is 0 Å². The molecule has 2 unspecified atom stereocenters. The summed E-state index contributed by atoms with van der Waals surface area (Å²) >= 11 is 0. The third-order valence-electron chi connectivity index (χ3n) is 3.02. The highest BCUT2D eigenvalue weighted by Gasteiger charge is 2.15. The number of carbonyl (C=O) groups is 2. The van der Waals surface area contributed by atoms with Crippen LogP contribution in [-0.4, -0.2) is 29.6 Å². The third kappa shape index (κ3) is 9.42. The number of allylic oxidation sites excluding steroid dienone is 1. The Morgan fingerprint density at radius 1 is 1.26 bits per heavy atom. The van der Waals surface area contributed by atoms with Crippen LogP contribution in [0.3, 0.4) is 0 Å². The van der Waals surface area contributed by atoms with Crippen LogP contribution in [0.15, 0.2) is 11.6 Å². The molecule has 0 aromatic carbocycles. The van der Waals surface area contributed by atoms with Gasteiger partial charge in [0.2, 0.25) is 0 Å². The highest BCUT2D eigenvalue weighted by molar-refractivity contribution is 5.83. The summed E-state index contributed by atoms with van der Waals surface area (Å²) in [7, 11) is 0. The minimum Gasteiger partial charge on any atom is -0.454 e. The van der Waals surface area contributed by atoms with E-state index in [0.717, 1.165) is 19.3 Å². The predicted molar refractivity (Wildman–Crippen MR) is 74.7 cm³/mol. The summed E-state index contributed by atoms with van der Waals surface area (Å²) in [6.07, 6.45) is 4.68. The largest absolute Gasteiger partial charge is 0.454 e. The Morgan fingerprint density at radius 2 is 1.89 bits per heavy atom. The van der Waals surface area contributed by atoms with Gasteiger partial charge in [-0.25, -0.2) is 0 Å². The van der Waals surface area contributed by atoms with Crippen LogP contribution in [0, 0.1) is 5.92 Å². The van der Waals surface area contributed by atoms with E-state index in [9.17, 15) is 9.59 Å². The zero-order valence-electron chi connectivity index (χ0n) is 12.4. The Hall–Kier alpha value is -1.16. The molecular formula is C15H26O4. The van der Waals surface area contributed by atoms with Crippen molar-refractivity contribution >= 4 is 11.8 Å². The van der Waals surface area contributed by atoms with Gasteiger partial charge in [-0.3, -0.25) is 9.59 Å². The zero-order chi connectivity index (χ0) is 14.8. The highest BCUT2D eigenvalue weighted by atomic mass is 16.5. The van der Waals surface area contributed by atoms with Gasteiger partial charge in [-0.15, -0.1) is 0 Å². The van der Waals surface area contributed by atoms with E-state index in [1.165, 1.54) is 19.4 Å². The van der Waals surface area contributed by atoms with Gasteiger partial charge in [-0.1, -0.05) is 18.6 Å². The molecule has 0 aromatic rings. The van der Waals surface area contributed by atoms with E-state index in [1.54, 1.807) is 0 Å². The fourth-order valence-electron chi connectivity index (χ4n) is 1.73. The maximum Gasteiger partial charge on any atom is 0.303 e. The summed E-state index contributed by atoms with van der Waals surface area (Å²) in [5.74, 6) is -0.227. The van der Waals surface area contributed by atoms with Crippen molar-refractivity contribution in [1.29, 1.82) is 0 Å². The summed E-state index contributed by atoms with van der Waals surface area (Å²) in [6, 6.07) is 0. The number of carbonyl (C=O) groups excluding carboxylic acids is 2. The molecule has 110 valence electrons. The lowest BCUT2D eigenvalue weighted by atomic mass is 10.0. The molecule has 0 aliphatic heterocycles. The van der Waals surface area contributed by atoms with Crippen LogP contribution < -0.4 is 0 Å². The van der Waals surface area contributed by atoms with Crippen LogP contribution in [-0.2, 0) is 14.3 Å². The molecule has 0 bridgehead atoms. The molecule has 4 heteroatoms. The van der Waals surface area contributed by atoms with Crippen LogP contribution in [0.5, 0.6) is 0 Å². The number of esters is 1. The van der Waals surface area contributed by atoms with Crippen LogP contribution in [0.1, 0.15) is 53.4 Å². The minimum atomic E-state index is -0.663. The second kappa shape index (κ2) is 9.73. The molecule has 19 heavy (non-hydrogen) atoms. The van der Waals surface area contributed by atoms with Gasteiger partial charge in [0, 0.05) is 20.0 Å². The third-order valence-corrected chi connectivity index (χ3v) is 3.02. The summed E-state index contributed by atoms with van der Waals surface area (Å²) < 4.78 is 4.96. The number of ether oxygens (including phenoxy) is 1. The Balaban J connectivity index is 4.12. The number of hydrogen-bond donors (Lipinski definition) is 1. The molecule has 0 fully saturated rings. The zero-order valence-corrected chi connectivity index (χ0v) is 12.4. The lowest BCUT2D eigenvalue weighted by Gasteiger charge is -2.12. The molecule has 2 atom stereocenters. The molecule has 0 saturated heterocycles. The molecule has 0 saturated carbocycles. The fourth-order valence-corrected chi connectivity index (χ4v) is 1.73. The van der Waals surface area contributed by atoms with Crippen LogP contribution in [0.4, 0.5) is 0 Å². The van der Waals surface area contributed by atoms with Crippen LogP contribution >= 0.6 is 0 Å². The Bertz CT molecular complexity index is 320. The molecule has 0 spiro atoms. The molecule has 0 aliphatic rings. The second-order valence-electron chi connectivity index (χ2n) is 5.17. The van der Waals surface area contributed by atoms with Crippen molar-refractivity contribution in [2.24, 2.45) is 5.92 Å². The molecule has 4 nitrogen and oxygen atoms in total. The van der Waals surface area contributed by atoms with Gasteiger partial charge in [0.15, 0.2) is 11.9 Å². The Morgan fingerprint density at radius 3 is 2.37 bits per heavy atom. The van der Waals surface area contributed by atoms with E-state index in [0.29, 0.717) is 12.3 Å². The van der Waals surface area contributed by atoms with Crippen molar-refractivity contribution in [3.8, 4) is 0 Å². The van der Waals surface area contributed by atoms with E-state index in [1.807, 2.05) is 19.9 Å². The van der Waals surface area contributed by atoms with E-state index in [4.69, 9.17) is 9.84 Å². The standard InChI is InChI=1S/C15H26O4/c1-11(6-5-7-12(2)10-16)8-9-15(13(3)17)19-14(4)18/h8,12,15-16H,5-7,9-10H2,1-4H3/b11-8-. The van der Waals surface area contributed by atoms with E-state index < -0.39 is 12.1 Å². The Kier molecular flexibility index (Phi) is 9.13. The van der Waals surface area contributed by atoms with Gasteiger partial charge in [-0.05, 0) is 39.0 Å². The normalized spacial score (nSPS) is 14.9. The number of hydrogen-bond acceptors (Lipinski definition) is 4. The first-order valence-corrected chi connectivity index (χ1v) is 6.81. The first-order chi connectivity index (χ1) is 8.86. The monoisotopic (exact) mass is 270 g/mol. The van der Waals surface area contributed by atoms with Crippen molar-refractivity contribution in [3.63, 3.8) is 0 Å². The molecule has 0 radical (unpaired) electrons. The quantitative estimate of drug-likeness (QED) is 0.517. The van der Waals surface area contributed by atoms with Gasteiger partial charge in [0.1, 0.15) is 0 Å². The summed E-state index contributed by atoms with van der Waals surface area (Å²) in [6.45, 7) is 6.99. The lowest BCUT2D eigenvalue weighted by Crippen LogP contribution is -2.23. The van der Waals surface area contributed by atoms with Gasteiger partial charge >= 0.3 is 5.97 Å². The molecule has 0 heterocycles. The topological polar surface area (TPSA) is 63.6 Å². The highest BCUT2D eigenvalue weighted by Crippen LogP contribution is 2.13. The van der Waals surface area contributed by atoms with Crippen molar-refractivity contribution in [3.05, 3.63) is 11.6 Å². The fraction of sp³-hybridized carbons (Fsp3) is 0.733. The number of aliphatic hydroxyl groups is 1. The number of Topliss-reactive ketones (excluding diaryl/α,β-unsaturated/α-hetero) is 1. The molecule has 0 aliphatic carbocycles. The first-order valence-electron chi connectivity index (χ1n) is 6.81. The van der Waals surface area contributed by atoms with Gasteiger partial charge in [0.25, 0.3) is 0 Å². The average molecular weight is 270 g/mol. The smallest absolute Gasteiger partial charge is 0.303 e. The molecule has 0 rings (SSSR count). The van der Waals surface area contributed by atoms with Crippen molar-refractivity contribution in [2.45, 2.75) is 59.5 Å². The van der Waals surface area contributed by atoms with E-state index in [2.05, 4.69) is 0 Å². The molecule has 1 N–H and O–H groups in total. The van der Waals surface area contributed by atoms with E-state index in [-0.39, 0.29) is 12.4 Å². The SMILES string of the molecule is CC(=O)OC(C/C=C(/C)CCCC(C)CO)C(C)=O. The van der Waals surface area contributed by atoms with Gasteiger partial charge < -0.3 is 9.84 Å². The summed E-state index contributed by atoms with van der Waals surface area (Å²) in [5.41, 5.74) is 1.18. The molecule has 0 aromatic heterocycles. The minimum absolute atomic E-state index is 0.131. The lowest BCUT2D eigenvalue weighted by molar-refractivity contribution is -0.152. The molecular weight excluding hydrogens is 244 g/mol. The maximum atomic E-state index is 11.3. The molecule has 0 amide bonds. The number of aliphatic hydroxyl groups excluding tert-OH is 1. The first kappa shape index (κ1) is 17.8. The van der Waals surface area contributed by atoms with Gasteiger partial charge in [-0.2, -0.15) is 0 Å². The summed E-state index contributed by atoms with van der Waals surface area (Å²) in [5, 5.41) is 8.92. The van der Waals surface area contributed by atoms with Crippen molar-refractivity contribution in [2.75, 3.05) is 6.61 Å². The van der Waals surface area contributed by atoms with E-state index >= 15 is 0 Å². The maximum absolute atomic E-state index is 11.3. The number of ketones is 1. The number of rotatable bonds is 9. The van der Waals surface area contributed by atoms with Crippen molar-refractivity contribution < 1.29 is 19.4 Å².